The summed E-state index contributed by atoms with van der Waals surface area (Å²) in [6, 6.07) is 0. The molecule has 0 radical (unpaired) electrons. The molecule has 0 heterocycles. The van der Waals surface area contributed by atoms with E-state index in [1.54, 1.807) is 13.8 Å². The maximum absolute atomic E-state index is 12.9. The van der Waals surface area contributed by atoms with Gasteiger partial charge >= 0.3 is 17.9 Å². The number of aliphatic hydroxyl groups is 1. The first-order chi connectivity index (χ1) is 12.8. The molecule has 0 fully saturated rings. The van der Waals surface area contributed by atoms with Gasteiger partial charge in [-0.2, -0.15) is 0 Å². The Kier molecular flexibility index (Phi) is 10.4. The van der Waals surface area contributed by atoms with Crippen LogP contribution in [0.5, 0.6) is 0 Å². The summed E-state index contributed by atoms with van der Waals surface area (Å²) in [4.78, 5) is 36.5. The van der Waals surface area contributed by atoms with Gasteiger partial charge in [0.1, 0.15) is 19.8 Å². The zero-order valence-electron chi connectivity index (χ0n) is 18.1. The minimum Gasteiger partial charge on any atom is -0.463 e. The Labute approximate surface area is 168 Å². The maximum atomic E-state index is 12.9. The number of carbonyl (C=O) groups is 3. The smallest absolute Gasteiger partial charge is 0.330 e. The second-order valence-corrected chi connectivity index (χ2v) is 8.76. The van der Waals surface area contributed by atoms with E-state index in [9.17, 15) is 14.4 Å². The van der Waals surface area contributed by atoms with E-state index in [4.69, 9.17) is 19.3 Å². The van der Waals surface area contributed by atoms with E-state index in [1.165, 1.54) is 0 Å². The lowest BCUT2D eigenvalue weighted by Gasteiger charge is -2.39. The fourth-order valence-corrected chi connectivity index (χ4v) is 3.40. The van der Waals surface area contributed by atoms with Gasteiger partial charge in [0.25, 0.3) is 0 Å². The fraction of sp³-hybridized carbons (Fsp3) is 0.762. The number of esters is 3. The largest absolute Gasteiger partial charge is 0.463 e. The lowest BCUT2D eigenvalue weighted by Crippen LogP contribution is -2.42. The number of hydrogen-bond donors (Lipinski definition) is 1. The average molecular weight is 401 g/mol. The predicted molar refractivity (Wildman–Crippen MR) is 105 cm³/mol. The number of hydrogen-bond acceptors (Lipinski definition) is 7. The molecule has 0 saturated carbocycles. The molecule has 0 aliphatic rings. The van der Waals surface area contributed by atoms with E-state index in [-0.39, 0.29) is 38.3 Å². The highest BCUT2D eigenvalue weighted by molar-refractivity contribution is 5.81. The van der Waals surface area contributed by atoms with Crippen molar-refractivity contribution in [3.8, 4) is 0 Å². The highest BCUT2D eigenvalue weighted by Gasteiger charge is 2.47. The molecule has 7 nitrogen and oxygen atoms in total. The number of carbonyl (C=O) groups excluding carboxylic acids is 3. The van der Waals surface area contributed by atoms with Crippen molar-refractivity contribution < 1.29 is 33.7 Å². The Hall–Kier alpha value is -1.89. The van der Waals surface area contributed by atoms with Crippen LogP contribution in [-0.2, 0) is 28.6 Å². The van der Waals surface area contributed by atoms with Crippen LogP contribution in [0.1, 0.15) is 60.8 Å². The highest BCUT2D eigenvalue weighted by atomic mass is 16.6. The Morgan fingerprint density at radius 2 is 1.36 bits per heavy atom. The van der Waals surface area contributed by atoms with E-state index in [0.717, 1.165) is 6.08 Å². The Morgan fingerprint density at radius 1 is 0.857 bits per heavy atom. The summed E-state index contributed by atoms with van der Waals surface area (Å²) in [5, 5.41) is 8.91. The summed E-state index contributed by atoms with van der Waals surface area (Å²) in [6.07, 6.45) is 2.24. The van der Waals surface area contributed by atoms with Crippen molar-refractivity contribution in [2.24, 2.45) is 16.2 Å². The van der Waals surface area contributed by atoms with Gasteiger partial charge < -0.3 is 19.3 Å². The van der Waals surface area contributed by atoms with Crippen molar-refractivity contribution in [3.63, 3.8) is 0 Å². The summed E-state index contributed by atoms with van der Waals surface area (Å²) in [6.45, 7) is 14.3. The van der Waals surface area contributed by atoms with Gasteiger partial charge in [-0.3, -0.25) is 9.59 Å². The molecule has 0 saturated heterocycles. The number of rotatable bonds is 12. The molecule has 162 valence electrons. The predicted octanol–water partition coefficient (Wildman–Crippen LogP) is 3.04. The number of ether oxygens (including phenoxy) is 3. The van der Waals surface area contributed by atoms with Gasteiger partial charge in [0.2, 0.25) is 0 Å². The van der Waals surface area contributed by atoms with Crippen molar-refractivity contribution in [2.75, 3.05) is 26.4 Å². The molecular weight excluding hydrogens is 364 g/mol. The average Bonchev–Trinajstić information content (AvgIpc) is 2.60. The highest BCUT2D eigenvalue weighted by Crippen LogP contribution is 2.45. The SMILES string of the molecule is C=CC(=O)OCCOC(=O)C(C)(CC(C)(C)C)CC(C)(CC)C(=O)OCCO. The molecule has 0 aliphatic carbocycles. The summed E-state index contributed by atoms with van der Waals surface area (Å²) in [5.74, 6) is -1.48. The van der Waals surface area contributed by atoms with Crippen molar-refractivity contribution >= 4 is 17.9 Å². The van der Waals surface area contributed by atoms with Crippen LogP contribution in [0, 0.1) is 16.2 Å². The van der Waals surface area contributed by atoms with E-state index >= 15 is 0 Å². The van der Waals surface area contributed by atoms with Crippen LogP contribution in [0.2, 0.25) is 0 Å². The Bertz CT molecular complexity index is 549. The first-order valence-corrected chi connectivity index (χ1v) is 9.58. The molecule has 2 atom stereocenters. The Balaban J connectivity index is 5.35. The van der Waals surface area contributed by atoms with Crippen LogP contribution in [-0.4, -0.2) is 49.4 Å². The van der Waals surface area contributed by atoms with E-state index in [2.05, 4.69) is 6.58 Å². The monoisotopic (exact) mass is 400 g/mol. The molecule has 0 aromatic rings. The number of aliphatic hydroxyl groups excluding tert-OH is 1. The molecule has 0 bridgehead atoms. The van der Waals surface area contributed by atoms with Crippen molar-refractivity contribution in [2.45, 2.75) is 60.8 Å². The molecule has 0 spiro atoms. The van der Waals surface area contributed by atoms with Gasteiger partial charge in [-0.25, -0.2) is 4.79 Å². The van der Waals surface area contributed by atoms with Gasteiger partial charge in [-0.1, -0.05) is 34.3 Å². The maximum Gasteiger partial charge on any atom is 0.330 e. The molecule has 0 amide bonds. The molecule has 0 aromatic carbocycles. The van der Waals surface area contributed by atoms with Gasteiger partial charge in [0.15, 0.2) is 0 Å². The van der Waals surface area contributed by atoms with Crippen molar-refractivity contribution in [1.29, 1.82) is 0 Å². The van der Waals surface area contributed by atoms with E-state index in [0.29, 0.717) is 12.8 Å². The molecule has 7 heteroatoms. The second-order valence-electron chi connectivity index (χ2n) is 8.76. The molecular formula is C21H36O7. The summed E-state index contributed by atoms with van der Waals surface area (Å²) >= 11 is 0. The van der Waals surface area contributed by atoms with Crippen molar-refractivity contribution in [1.82, 2.24) is 0 Å². The van der Waals surface area contributed by atoms with Crippen LogP contribution in [0.4, 0.5) is 0 Å². The topological polar surface area (TPSA) is 99.1 Å². The van der Waals surface area contributed by atoms with Crippen LogP contribution < -0.4 is 0 Å². The second kappa shape index (κ2) is 11.2. The molecule has 0 aliphatic heterocycles. The van der Waals surface area contributed by atoms with E-state index < -0.39 is 28.7 Å². The third kappa shape index (κ3) is 8.87. The molecule has 1 N–H and O–H groups in total. The minimum absolute atomic E-state index is 0.0637. The van der Waals surface area contributed by atoms with Crippen LogP contribution >= 0.6 is 0 Å². The standard InChI is InChI=1S/C21H36O7/c1-8-16(23)26-12-13-28-18(25)21(7,14-19(3,4)5)15-20(6,9-2)17(24)27-11-10-22/h8,22H,1,9-15H2,2-7H3. The van der Waals surface area contributed by atoms with E-state index in [1.807, 2.05) is 27.7 Å². The van der Waals surface area contributed by atoms with Gasteiger partial charge in [-0.05, 0) is 38.5 Å². The zero-order valence-corrected chi connectivity index (χ0v) is 18.1. The molecule has 2 unspecified atom stereocenters. The third-order valence-corrected chi connectivity index (χ3v) is 4.52. The third-order valence-electron chi connectivity index (χ3n) is 4.52. The lowest BCUT2D eigenvalue weighted by atomic mass is 9.65. The lowest BCUT2D eigenvalue weighted by molar-refractivity contribution is -0.168. The summed E-state index contributed by atoms with van der Waals surface area (Å²) in [5.41, 5.74) is -2.03. The van der Waals surface area contributed by atoms with Gasteiger partial charge in [-0.15, -0.1) is 0 Å². The normalized spacial score (nSPS) is 15.7. The quantitative estimate of drug-likeness (QED) is 0.233. The van der Waals surface area contributed by atoms with Crippen LogP contribution in [0.25, 0.3) is 0 Å². The fourth-order valence-electron chi connectivity index (χ4n) is 3.40. The van der Waals surface area contributed by atoms with Crippen LogP contribution in [0.15, 0.2) is 12.7 Å². The first kappa shape index (κ1) is 26.1. The van der Waals surface area contributed by atoms with Gasteiger partial charge in [0, 0.05) is 6.08 Å². The minimum atomic E-state index is -0.941. The first-order valence-electron chi connectivity index (χ1n) is 9.58. The summed E-state index contributed by atoms with van der Waals surface area (Å²) in [7, 11) is 0. The van der Waals surface area contributed by atoms with Crippen molar-refractivity contribution in [3.05, 3.63) is 12.7 Å². The zero-order chi connectivity index (χ0) is 22.0. The van der Waals surface area contributed by atoms with Gasteiger partial charge in [0.05, 0.1) is 17.4 Å². The molecule has 28 heavy (non-hydrogen) atoms. The molecule has 0 aromatic heterocycles. The Morgan fingerprint density at radius 3 is 1.82 bits per heavy atom. The summed E-state index contributed by atoms with van der Waals surface area (Å²) < 4.78 is 15.3. The van der Waals surface area contributed by atoms with Crippen LogP contribution in [0.3, 0.4) is 0 Å². The molecule has 0 rings (SSSR count).